The molecule has 1 amide bonds. The number of hydrogen-bond donors (Lipinski definition) is 1. The van der Waals surface area contributed by atoms with Crippen LogP contribution >= 0.6 is 0 Å². The Labute approximate surface area is 128 Å². The van der Waals surface area contributed by atoms with E-state index in [1.54, 1.807) is 7.11 Å². The SMILES string of the molecule is COC1CC(NCC2CCCN(C(=O)OC(C)(C)C)C2)C1. The van der Waals surface area contributed by atoms with Crippen molar-refractivity contribution in [3.05, 3.63) is 0 Å². The first-order chi connectivity index (χ1) is 9.87. The van der Waals surface area contributed by atoms with E-state index in [0.717, 1.165) is 38.9 Å². The molecule has 1 heterocycles. The second kappa shape index (κ2) is 6.97. The average Bonchev–Trinajstić information content (AvgIpc) is 2.35. The smallest absolute Gasteiger partial charge is 0.410 e. The van der Waals surface area contributed by atoms with Gasteiger partial charge in [0.2, 0.25) is 0 Å². The summed E-state index contributed by atoms with van der Waals surface area (Å²) in [5.74, 6) is 0.535. The Morgan fingerprint density at radius 2 is 2.05 bits per heavy atom. The monoisotopic (exact) mass is 298 g/mol. The van der Waals surface area contributed by atoms with Crippen molar-refractivity contribution in [2.75, 3.05) is 26.7 Å². The number of rotatable bonds is 4. The molecule has 5 nitrogen and oxygen atoms in total. The molecule has 0 bridgehead atoms. The van der Waals surface area contributed by atoms with E-state index < -0.39 is 5.60 Å². The number of piperidine rings is 1. The third-order valence-electron chi connectivity index (χ3n) is 4.29. The molecule has 0 aromatic carbocycles. The maximum absolute atomic E-state index is 12.1. The Morgan fingerprint density at radius 1 is 1.33 bits per heavy atom. The summed E-state index contributed by atoms with van der Waals surface area (Å²) in [6.07, 6.45) is 4.74. The van der Waals surface area contributed by atoms with Gasteiger partial charge in [0.15, 0.2) is 0 Å². The Bertz CT molecular complexity index is 348. The van der Waals surface area contributed by atoms with Gasteiger partial charge in [-0.25, -0.2) is 4.79 Å². The van der Waals surface area contributed by atoms with Crippen LogP contribution in [0.1, 0.15) is 46.5 Å². The zero-order valence-corrected chi connectivity index (χ0v) is 13.9. The van der Waals surface area contributed by atoms with Gasteiger partial charge in [0.25, 0.3) is 0 Å². The predicted octanol–water partition coefficient (Wildman–Crippen LogP) is 2.40. The molecule has 0 aromatic rings. The first kappa shape index (κ1) is 16.6. The summed E-state index contributed by atoms with van der Waals surface area (Å²) < 4.78 is 10.8. The average molecular weight is 298 g/mol. The molecule has 122 valence electrons. The van der Waals surface area contributed by atoms with Crippen LogP contribution < -0.4 is 5.32 Å². The highest BCUT2D eigenvalue weighted by molar-refractivity contribution is 5.68. The molecule has 2 fully saturated rings. The maximum atomic E-state index is 12.1. The summed E-state index contributed by atoms with van der Waals surface area (Å²) in [7, 11) is 1.78. The molecule has 1 N–H and O–H groups in total. The fraction of sp³-hybridized carbons (Fsp3) is 0.938. The third-order valence-corrected chi connectivity index (χ3v) is 4.29. The Morgan fingerprint density at radius 3 is 2.67 bits per heavy atom. The molecule has 1 saturated carbocycles. The van der Waals surface area contributed by atoms with Gasteiger partial charge in [-0.3, -0.25) is 0 Å². The second-order valence-corrected chi connectivity index (χ2v) is 7.37. The van der Waals surface area contributed by atoms with E-state index in [9.17, 15) is 4.79 Å². The van der Waals surface area contributed by atoms with Crippen molar-refractivity contribution >= 4 is 6.09 Å². The lowest BCUT2D eigenvalue weighted by molar-refractivity contribution is 0.0101. The van der Waals surface area contributed by atoms with Crippen LogP contribution in [0.4, 0.5) is 4.79 Å². The highest BCUT2D eigenvalue weighted by Gasteiger charge is 2.31. The summed E-state index contributed by atoms with van der Waals surface area (Å²) >= 11 is 0. The summed E-state index contributed by atoms with van der Waals surface area (Å²) in [6.45, 7) is 8.35. The molecule has 1 atom stereocenters. The minimum Gasteiger partial charge on any atom is -0.444 e. The molecule has 0 spiro atoms. The van der Waals surface area contributed by atoms with Gasteiger partial charge in [-0.2, -0.15) is 0 Å². The molecule has 2 rings (SSSR count). The number of carbonyl (C=O) groups is 1. The van der Waals surface area contributed by atoms with E-state index in [0.29, 0.717) is 18.1 Å². The fourth-order valence-electron chi connectivity index (χ4n) is 2.98. The van der Waals surface area contributed by atoms with E-state index in [1.165, 1.54) is 6.42 Å². The van der Waals surface area contributed by atoms with Crippen molar-refractivity contribution in [3.8, 4) is 0 Å². The summed E-state index contributed by atoms with van der Waals surface area (Å²) in [4.78, 5) is 14.0. The number of methoxy groups -OCH3 is 1. The van der Waals surface area contributed by atoms with Crippen LogP contribution in [0, 0.1) is 5.92 Å². The van der Waals surface area contributed by atoms with E-state index in [-0.39, 0.29) is 6.09 Å². The number of amides is 1. The lowest BCUT2D eigenvalue weighted by atomic mass is 9.88. The van der Waals surface area contributed by atoms with Gasteiger partial charge in [0, 0.05) is 26.2 Å². The molecule has 1 saturated heterocycles. The third kappa shape index (κ3) is 5.15. The summed E-state index contributed by atoms with van der Waals surface area (Å²) in [5, 5.41) is 3.60. The predicted molar refractivity (Wildman–Crippen MR) is 82.4 cm³/mol. The molecule has 5 heteroatoms. The van der Waals surface area contributed by atoms with Gasteiger partial charge in [-0.05, 0) is 58.9 Å². The van der Waals surface area contributed by atoms with Crippen LogP contribution in [0.2, 0.25) is 0 Å². The molecule has 1 aliphatic heterocycles. The Kier molecular flexibility index (Phi) is 5.49. The van der Waals surface area contributed by atoms with Gasteiger partial charge in [-0.15, -0.1) is 0 Å². The van der Waals surface area contributed by atoms with Crippen LogP contribution in [0.5, 0.6) is 0 Å². The molecule has 2 aliphatic rings. The Hall–Kier alpha value is -0.810. The fourth-order valence-corrected chi connectivity index (χ4v) is 2.98. The largest absolute Gasteiger partial charge is 0.444 e. The number of hydrogen-bond acceptors (Lipinski definition) is 4. The first-order valence-electron chi connectivity index (χ1n) is 8.11. The molecular weight excluding hydrogens is 268 g/mol. The van der Waals surface area contributed by atoms with Gasteiger partial charge in [-0.1, -0.05) is 0 Å². The number of carbonyl (C=O) groups excluding carboxylic acids is 1. The van der Waals surface area contributed by atoms with Crippen LogP contribution in [-0.2, 0) is 9.47 Å². The molecular formula is C16H30N2O3. The highest BCUT2D eigenvalue weighted by Crippen LogP contribution is 2.24. The molecule has 0 aromatic heterocycles. The number of likely N-dealkylation sites (tertiary alicyclic amines) is 1. The quantitative estimate of drug-likeness (QED) is 0.866. The molecule has 0 radical (unpaired) electrons. The van der Waals surface area contributed by atoms with Crippen molar-refractivity contribution in [3.63, 3.8) is 0 Å². The van der Waals surface area contributed by atoms with Gasteiger partial charge in [0.05, 0.1) is 6.10 Å². The zero-order chi connectivity index (χ0) is 15.5. The standard InChI is InChI=1S/C16H30N2O3/c1-16(2,3)21-15(19)18-7-5-6-12(11-18)10-17-13-8-14(9-13)20-4/h12-14,17H,5-11H2,1-4H3. The minimum absolute atomic E-state index is 0.171. The second-order valence-electron chi connectivity index (χ2n) is 7.37. The maximum Gasteiger partial charge on any atom is 0.410 e. The molecule has 1 aliphatic carbocycles. The van der Waals surface area contributed by atoms with Crippen molar-refractivity contribution in [2.45, 2.75) is 64.2 Å². The lowest BCUT2D eigenvalue weighted by Crippen LogP contribution is -2.49. The van der Waals surface area contributed by atoms with Gasteiger partial charge in [0.1, 0.15) is 5.60 Å². The Balaban J connectivity index is 1.70. The van der Waals surface area contributed by atoms with Crippen LogP contribution in [-0.4, -0.2) is 55.5 Å². The van der Waals surface area contributed by atoms with Crippen LogP contribution in [0.3, 0.4) is 0 Å². The first-order valence-corrected chi connectivity index (χ1v) is 8.11. The lowest BCUT2D eigenvalue weighted by Gasteiger charge is -2.38. The van der Waals surface area contributed by atoms with Crippen molar-refractivity contribution in [1.29, 1.82) is 0 Å². The van der Waals surface area contributed by atoms with E-state index in [4.69, 9.17) is 9.47 Å². The number of nitrogens with zero attached hydrogens (tertiary/aromatic N) is 1. The summed E-state index contributed by atoms with van der Waals surface area (Å²) in [6, 6.07) is 0.590. The van der Waals surface area contributed by atoms with Gasteiger partial charge < -0.3 is 19.7 Å². The van der Waals surface area contributed by atoms with Crippen LogP contribution in [0.25, 0.3) is 0 Å². The van der Waals surface area contributed by atoms with E-state index in [1.807, 2.05) is 25.7 Å². The minimum atomic E-state index is -0.413. The highest BCUT2D eigenvalue weighted by atomic mass is 16.6. The molecule has 21 heavy (non-hydrogen) atoms. The van der Waals surface area contributed by atoms with Crippen molar-refractivity contribution < 1.29 is 14.3 Å². The topological polar surface area (TPSA) is 50.8 Å². The number of ether oxygens (including phenoxy) is 2. The summed E-state index contributed by atoms with van der Waals surface area (Å²) in [5.41, 5.74) is -0.413. The molecule has 1 unspecified atom stereocenters. The van der Waals surface area contributed by atoms with Gasteiger partial charge >= 0.3 is 6.09 Å². The van der Waals surface area contributed by atoms with Crippen molar-refractivity contribution in [2.24, 2.45) is 5.92 Å². The van der Waals surface area contributed by atoms with Crippen LogP contribution in [0.15, 0.2) is 0 Å². The van der Waals surface area contributed by atoms with E-state index >= 15 is 0 Å². The normalized spacial score (nSPS) is 29.9. The number of nitrogens with one attached hydrogen (secondary N) is 1. The van der Waals surface area contributed by atoms with Crippen molar-refractivity contribution in [1.82, 2.24) is 10.2 Å². The zero-order valence-electron chi connectivity index (χ0n) is 13.9. The van der Waals surface area contributed by atoms with E-state index in [2.05, 4.69) is 5.32 Å².